The molecule has 5 aliphatic heterocycles. The van der Waals surface area contributed by atoms with Gasteiger partial charge in [0.15, 0.2) is 33.3 Å². The highest BCUT2D eigenvalue weighted by Crippen LogP contribution is 2.28. The monoisotopic (exact) mass is 2050 g/mol. The zero-order chi connectivity index (χ0) is 102. The van der Waals surface area contributed by atoms with Crippen LogP contribution in [0.2, 0.25) is 0 Å². The number of amides is 8. The zero-order valence-electron chi connectivity index (χ0n) is 81.2. The van der Waals surface area contributed by atoms with E-state index < -0.39 is 20.0 Å². The Balaban J connectivity index is 0.000000131. The lowest BCUT2D eigenvalue weighted by Gasteiger charge is -2.31. The summed E-state index contributed by atoms with van der Waals surface area (Å²) >= 11 is 1.41. The number of H-pyrrole nitrogens is 3. The van der Waals surface area contributed by atoms with Gasteiger partial charge in [0.2, 0.25) is 20.0 Å². The van der Waals surface area contributed by atoms with E-state index in [-0.39, 0.29) is 102 Å². The average molecular weight is 2050 g/mol. The van der Waals surface area contributed by atoms with Gasteiger partial charge in [-0.3, -0.25) is 24.0 Å². The Morgan fingerprint density at radius 3 is 1.18 bits per heavy atom. The van der Waals surface area contributed by atoms with Gasteiger partial charge in [0, 0.05) is 116 Å². The number of benzene rings is 7. The minimum Gasteiger partial charge on any atom is -0.445 e. The highest BCUT2D eigenvalue weighted by atomic mass is 32.2. The summed E-state index contributed by atoms with van der Waals surface area (Å²) in [5, 5.41) is 19.4. The maximum absolute atomic E-state index is 12.6. The first kappa shape index (κ1) is 104. The van der Waals surface area contributed by atoms with E-state index in [9.17, 15) is 55.2 Å². The SMILES string of the molecule is O=C(NCC1CCN(C(=O)OCc2ccccc2)CC1)c1cnn2cccnc12.O=C(NCC1CCN(C(=O)OCc2ccccc2)CC1)c1nc2ccccc2s1.O=C(NCC1CCN(C(=O)OCc2ccccc2)CC1)c1ncnc2nc[nH]c12.O=C(NCC1CCN(S(=O)(=O)CCc2ccccc2)CC1)c1ccc2nc[nH]c2c1.O=C(NCC1CCN(S(=O)(=O)CCc2ccccc2)CC1)c1ncnc2nc[nH]c12. The van der Waals surface area contributed by atoms with Crippen LogP contribution >= 0.6 is 11.3 Å². The van der Waals surface area contributed by atoms with Crippen LogP contribution in [0.1, 0.15) is 144 Å². The van der Waals surface area contributed by atoms with Gasteiger partial charge in [0.05, 0.1) is 57.9 Å². The molecule has 5 saturated heterocycles. The predicted molar refractivity (Wildman–Crippen MR) is 553 cm³/mol. The van der Waals surface area contributed by atoms with Crippen molar-refractivity contribution in [3.63, 3.8) is 0 Å². The molecule has 0 aliphatic carbocycles. The molecule has 39 nitrogen and oxygen atoms in total. The summed E-state index contributed by atoms with van der Waals surface area (Å²) in [4.78, 5) is 150. The topological polar surface area (TPSA) is 490 Å². The number of imidazole rings is 3. The lowest BCUT2D eigenvalue weighted by molar-refractivity contribution is 0.0799. The lowest BCUT2D eigenvalue weighted by Crippen LogP contribution is -2.42. The fourth-order valence-corrected chi connectivity index (χ4v) is 21.7. The van der Waals surface area contributed by atoms with Crippen LogP contribution in [-0.4, -0.2) is 267 Å². The Morgan fingerprint density at radius 2 is 0.755 bits per heavy atom. The number of carbonyl (C=O) groups excluding carboxylic acids is 8. The zero-order valence-corrected chi connectivity index (χ0v) is 83.6. The number of aromatic amines is 3. The third-order valence-electron chi connectivity index (χ3n) is 26.5. The molecular weight excluding hydrogens is 1930 g/mol. The molecule has 42 heteroatoms. The van der Waals surface area contributed by atoms with Crippen molar-refractivity contribution in [2.75, 3.05) is 110 Å². The smallest absolute Gasteiger partial charge is 0.410 e. The molecule has 7 aromatic carbocycles. The second-order valence-electron chi connectivity index (χ2n) is 36.5. The van der Waals surface area contributed by atoms with E-state index in [0.29, 0.717) is 186 Å². The van der Waals surface area contributed by atoms with Gasteiger partial charge >= 0.3 is 18.3 Å². The molecule has 0 unspecified atom stereocenters. The van der Waals surface area contributed by atoms with Crippen LogP contribution in [0, 0.1) is 29.6 Å². The van der Waals surface area contributed by atoms with Gasteiger partial charge in [-0.15, -0.1) is 11.3 Å². The molecule has 0 atom stereocenters. The number of sulfonamides is 2. The molecule has 8 aromatic heterocycles. The van der Waals surface area contributed by atoms with E-state index >= 15 is 0 Å². The predicted octanol–water partition coefficient (Wildman–Crippen LogP) is 12.7. The van der Waals surface area contributed by atoms with Gasteiger partial charge in [0.25, 0.3) is 29.5 Å². The van der Waals surface area contributed by atoms with Crippen LogP contribution in [0.4, 0.5) is 14.4 Å². The number of hydrogen-bond donors (Lipinski definition) is 8. The molecule has 5 fully saturated rings. The number of para-hydroxylation sites is 1. The molecule has 0 spiro atoms. The highest BCUT2D eigenvalue weighted by molar-refractivity contribution is 7.89. The van der Waals surface area contributed by atoms with Crippen molar-refractivity contribution in [3.8, 4) is 0 Å². The van der Waals surface area contributed by atoms with Gasteiger partial charge in [-0.05, 0) is 171 Å². The fraction of sp³-hybridized carbons (Fsp3) is 0.352. The Bertz CT molecular complexity index is 7070. The van der Waals surface area contributed by atoms with Crippen LogP contribution in [0.5, 0.6) is 0 Å². The quantitative estimate of drug-likeness (QED) is 0.0202. The minimum atomic E-state index is -3.28. The first-order valence-corrected chi connectivity index (χ1v) is 53.3. The van der Waals surface area contributed by atoms with Gasteiger partial charge in [-0.1, -0.05) is 164 Å². The van der Waals surface area contributed by atoms with E-state index in [2.05, 4.69) is 91.5 Å². The molecule has 13 heterocycles. The first-order chi connectivity index (χ1) is 71.6. The summed E-state index contributed by atoms with van der Waals surface area (Å²) in [6.07, 6.45) is 20.2. The Kier molecular flexibility index (Phi) is 36.9. The number of ether oxygens (including phenoxy) is 3. The van der Waals surface area contributed by atoms with Crippen LogP contribution in [0.15, 0.2) is 250 Å². The average Bonchev–Trinajstić information content (AvgIpc) is 1.65. The number of aromatic nitrogens is 14. The van der Waals surface area contributed by atoms with Gasteiger partial charge in [-0.25, -0.2) is 89.2 Å². The Hall–Kier alpha value is -15.4. The molecule has 5 aliphatic rings. The van der Waals surface area contributed by atoms with Crippen LogP contribution in [0.25, 0.3) is 49.2 Å². The van der Waals surface area contributed by atoms with Crippen LogP contribution in [-0.2, 0) is 66.9 Å². The molecule has 0 radical (unpaired) electrons. The van der Waals surface area contributed by atoms with E-state index in [1.54, 1.807) is 64.7 Å². The standard InChI is InChI=1S/C22H26N4O3S.C22H23N3O3S.C21H23N5O3.C20H24N6O3S.C20H22N6O3/c27-22(19-6-7-20-21(14-19)25-16-24-20)23-15-18-8-11-26(12-9-18)30(28,29)13-10-17-4-2-1-3-5-17;26-20(21-24-18-8-4-5-9-19(18)29-21)23-14-16-10-12-25(13-11-16)22(27)28-15-17-6-2-1-3-7-17;27-20(18-14-24-26-10-4-9-22-19(18)26)23-13-16-7-11-25(12-8-16)21(28)29-15-17-5-2-1-3-6-17;27-20(18-17-19(24-13-22-17)25-14-23-18)21-12-16-6-9-26(10-7-16)30(28,29)11-8-15-4-2-1-3-5-15;27-19(17-16-18(24-12-22-16)25-13-23-17)21-10-14-6-8-26(9-7-14)20(28)29-11-15-4-2-1-3-5-15/h1-7,14,16,18H,8-13,15H2,(H,23,27)(H,24,25);1-9,16H,10-15H2,(H,23,26);1-6,9-10,14,16H,7-8,11-13,15H2,(H,23,27);1-5,13-14,16H,6-12H2,(H,21,27)(H,22,23,24,25);1-5,12-14H,6-11H2,(H,21,27)(H,22,23,24,25). The maximum atomic E-state index is 12.6. The number of carbonyl (C=O) groups is 8. The van der Waals surface area contributed by atoms with Crippen molar-refractivity contribution in [1.29, 1.82) is 0 Å². The first-order valence-electron chi connectivity index (χ1n) is 49.3. The number of nitrogens with one attached hydrogen (secondary N) is 8. The summed E-state index contributed by atoms with van der Waals surface area (Å²) in [7, 11) is -6.54. The summed E-state index contributed by atoms with van der Waals surface area (Å²) in [6, 6.07) is 63.1. The van der Waals surface area contributed by atoms with E-state index in [1.807, 2.05) is 182 Å². The number of hydrogen-bond acceptors (Lipinski definition) is 26. The van der Waals surface area contributed by atoms with Crippen LogP contribution in [0.3, 0.4) is 0 Å². The third-order valence-corrected chi connectivity index (χ3v) is 31.3. The van der Waals surface area contributed by atoms with E-state index in [0.717, 1.165) is 100 Å². The number of thiazole rings is 1. The summed E-state index contributed by atoms with van der Waals surface area (Å²) in [5.41, 5.74) is 11.6. The molecule has 8 amide bonds. The molecule has 766 valence electrons. The number of fused-ring (bicyclic) bond motifs is 5. The third kappa shape index (κ3) is 29.9. The van der Waals surface area contributed by atoms with Crippen molar-refractivity contribution in [2.24, 2.45) is 29.6 Å². The Morgan fingerprint density at radius 1 is 0.374 bits per heavy atom. The minimum absolute atomic E-state index is 0.117. The molecule has 20 rings (SSSR count). The van der Waals surface area contributed by atoms with Crippen molar-refractivity contribution in [3.05, 3.63) is 306 Å². The van der Waals surface area contributed by atoms with E-state index in [4.69, 9.17) is 14.2 Å². The molecule has 0 bridgehead atoms. The van der Waals surface area contributed by atoms with Crippen molar-refractivity contribution in [1.82, 2.24) is 119 Å². The lowest BCUT2D eigenvalue weighted by atomic mass is 9.97. The largest absolute Gasteiger partial charge is 0.445 e. The molecule has 8 N–H and O–H groups in total. The highest BCUT2D eigenvalue weighted by Gasteiger charge is 2.34. The van der Waals surface area contributed by atoms with E-state index in [1.165, 1.54) is 42.8 Å². The van der Waals surface area contributed by atoms with Gasteiger partial charge in [-0.2, -0.15) is 5.10 Å². The molecule has 15 aromatic rings. The number of piperidine rings is 5. The normalized spacial score (nSPS) is 15.2. The Labute approximate surface area is 853 Å². The van der Waals surface area contributed by atoms with Crippen molar-refractivity contribution < 1.29 is 69.4 Å². The number of rotatable bonds is 29. The molecule has 0 saturated carbocycles. The summed E-state index contributed by atoms with van der Waals surface area (Å²) in [5.74, 6) is 0.772. The molecular formula is C105H118N24O15S3. The van der Waals surface area contributed by atoms with Gasteiger partial charge in [0.1, 0.15) is 49.1 Å². The van der Waals surface area contributed by atoms with Crippen molar-refractivity contribution >= 4 is 128 Å². The second kappa shape index (κ2) is 51.9. The fourth-order valence-electron chi connectivity index (χ4n) is 17.7. The second-order valence-corrected chi connectivity index (χ2v) is 41.7. The number of aryl methyl sites for hydroxylation is 2. The van der Waals surface area contributed by atoms with Gasteiger partial charge < -0.3 is 70.4 Å². The van der Waals surface area contributed by atoms with Crippen LogP contribution < -0.4 is 26.6 Å². The maximum Gasteiger partial charge on any atom is 0.410 e. The number of nitrogens with zero attached hydrogens (tertiary/aromatic N) is 16. The number of likely N-dealkylation sites (tertiary alicyclic amines) is 3. The molecule has 147 heavy (non-hydrogen) atoms. The summed E-state index contributed by atoms with van der Waals surface area (Å²) < 4.78 is 72.5. The van der Waals surface area contributed by atoms with Crippen molar-refractivity contribution in [2.45, 2.75) is 96.9 Å². The summed E-state index contributed by atoms with van der Waals surface area (Å²) in [6.45, 7) is 9.36.